The largest absolute Gasteiger partial charge is 0.486 e. The van der Waals surface area contributed by atoms with E-state index in [1.54, 1.807) is 0 Å². The van der Waals surface area contributed by atoms with Gasteiger partial charge in [-0.2, -0.15) is 12.6 Å². The van der Waals surface area contributed by atoms with Crippen molar-refractivity contribution in [3.63, 3.8) is 0 Å². The number of unbranched alkanes of at least 4 members (excludes halogenated alkanes) is 5. The van der Waals surface area contributed by atoms with E-state index in [1.165, 1.54) is 38.5 Å². The third kappa shape index (κ3) is 7.86. The number of H-pyrrole nitrogens is 2. The van der Waals surface area contributed by atoms with Gasteiger partial charge in [-0.15, -0.1) is 0 Å². The molecule has 1 unspecified atom stereocenters. The Morgan fingerprint density at radius 2 is 0.859 bits per heavy atom. The number of ether oxygens (including phenoxy) is 1. The van der Waals surface area contributed by atoms with Gasteiger partial charge in [0.1, 0.15) is 33.9 Å². The van der Waals surface area contributed by atoms with E-state index in [0.29, 0.717) is 45.9 Å². The molecule has 7 aromatic rings. The summed E-state index contributed by atoms with van der Waals surface area (Å²) in [5.41, 5.74) is 5.23. The molecule has 64 heavy (non-hydrogen) atoms. The smallest absolute Gasteiger partial charge is 0.164 e. The average molecular weight is 871 g/mol. The van der Waals surface area contributed by atoms with Crippen LogP contribution in [0.4, 0.5) is 0 Å². The quantitative estimate of drug-likeness (QED) is 0.0875. The third-order valence-corrected chi connectivity index (χ3v) is 13.8. The monoisotopic (exact) mass is 870 g/mol. The van der Waals surface area contributed by atoms with Gasteiger partial charge in [0.2, 0.25) is 0 Å². The summed E-state index contributed by atoms with van der Waals surface area (Å²) < 4.78 is 7.75. The molecule has 2 aliphatic heterocycles. The molecule has 0 amide bonds. The van der Waals surface area contributed by atoms with Gasteiger partial charge in [0.15, 0.2) is 23.3 Å². The first-order valence-electron chi connectivity index (χ1n) is 23.1. The lowest BCUT2D eigenvalue weighted by molar-refractivity contribution is -0.182. The summed E-state index contributed by atoms with van der Waals surface area (Å²) in [5.74, 6) is 4.32. The molecule has 0 spiro atoms. The summed E-state index contributed by atoms with van der Waals surface area (Å²) in [4.78, 5) is 38.3. The maximum absolute atomic E-state index is 7.75. The first-order chi connectivity index (χ1) is 30.6. The lowest BCUT2D eigenvalue weighted by Crippen LogP contribution is -2.65. The highest BCUT2D eigenvalue weighted by atomic mass is 32.1. The van der Waals surface area contributed by atoms with Crippen LogP contribution in [0.5, 0.6) is 5.75 Å². The summed E-state index contributed by atoms with van der Waals surface area (Å²) in [7, 11) is 0. The van der Waals surface area contributed by atoms with E-state index in [2.05, 4.69) is 140 Å². The molecule has 5 heterocycles. The number of aromatic amines is 2. The van der Waals surface area contributed by atoms with E-state index in [4.69, 9.17) is 34.6 Å². The van der Waals surface area contributed by atoms with Crippen molar-refractivity contribution < 1.29 is 4.74 Å². The summed E-state index contributed by atoms with van der Waals surface area (Å²) in [6.45, 7) is 21.4. The molecule has 330 valence electrons. The number of aromatic nitrogens is 8. The molecule has 9 rings (SSSR count). The molecule has 0 radical (unpaired) electrons. The predicted molar refractivity (Wildman–Crippen MR) is 267 cm³/mol. The molecule has 9 nitrogen and oxygen atoms in total. The lowest BCUT2D eigenvalue weighted by Gasteiger charge is -2.60. The first-order valence-corrected chi connectivity index (χ1v) is 23.7. The van der Waals surface area contributed by atoms with Gasteiger partial charge in [0.05, 0.1) is 0 Å². The van der Waals surface area contributed by atoms with Crippen molar-refractivity contribution in [2.24, 2.45) is 22.2 Å². The van der Waals surface area contributed by atoms with Crippen molar-refractivity contribution in [3.05, 3.63) is 91.0 Å². The number of thiol groups is 1. The van der Waals surface area contributed by atoms with Crippen LogP contribution in [0, 0.1) is 22.2 Å². The number of fused-ring (bicyclic) bond motifs is 20. The molecule has 0 aliphatic carbocycles. The minimum atomic E-state index is -0.551. The molecule has 0 fully saturated rings. The number of benzene rings is 4. The van der Waals surface area contributed by atoms with Gasteiger partial charge in [-0.1, -0.05) is 167 Å². The van der Waals surface area contributed by atoms with Crippen molar-refractivity contribution in [2.45, 2.75) is 113 Å². The SMILES string of the molecule is CC(C)(C)C(CCCCCCCCS)C(Oc1ccc2c3nc4nc(nc5[nH]c(nc6nc(nc([nH]3)c2c1)-c1ccccc1-6)c1ccccc51)-c1ccccc1-4)(C(C)(C)C)C(C)(C)C. The van der Waals surface area contributed by atoms with Gasteiger partial charge in [-0.3, -0.25) is 0 Å². The summed E-state index contributed by atoms with van der Waals surface area (Å²) in [6.07, 6.45) is 8.44. The predicted octanol–water partition coefficient (Wildman–Crippen LogP) is 14.4. The van der Waals surface area contributed by atoms with Crippen LogP contribution in [0.15, 0.2) is 91.0 Å². The van der Waals surface area contributed by atoms with Crippen LogP contribution in [0.2, 0.25) is 0 Å². The topological polar surface area (TPSA) is 118 Å². The van der Waals surface area contributed by atoms with E-state index in [9.17, 15) is 0 Å². The third-order valence-electron chi connectivity index (χ3n) is 13.5. The zero-order valence-corrected chi connectivity index (χ0v) is 39.8. The molecule has 3 aromatic heterocycles. The second-order valence-electron chi connectivity index (χ2n) is 20.8. The van der Waals surface area contributed by atoms with E-state index >= 15 is 0 Å². The fourth-order valence-corrected chi connectivity index (χ4v) is 11.1. The Morgan fingerprint density at radius 1 is 0.469 bits per heavy atom. The zero-order valence-electron chi connectivity index (χ0n) is 38.9. The number of nitrogens with zero attached hydrogens (tertiary/aromatic N) is 6. The van der Waals surface area contributed by atoms with Crippen molar-refractivity contribution in [2.75, 3.05) is 5.75 Å². The highest BCUT2D eigenvalue weighted by Gasteiger charge is 2.60. The van der Waals surface area contributed by atoms with Gasteiger partial charge in [-0.25, -0.2) is 29.9 Å². The molecular weight excluding hydrogens is 809 g/mol. The van der Waals surface area contributed by atoms with Crippen molar-refractivity contribution in [1.29, 1.82) is 0 Å². The lowest BCUT2D eigenvalue weighted by atomic mass is 9.51. The molecule has 0 saturated carbocycles. The summed E-state index contributed by atoms with van der Waals surface area (Å²) in [5, 5.41) is 3.68. The highest BCUT2D eigenvalue weighted by molar-refractivity contribution is 7.80. The number of nitrogens with one attached hydrogen (secondary N) is 2. The van der Waals surface area contributed by atoms with Crippen molar-refractivity contribution in [3.8, 4) is 51.3 Å². The normalized spacial score (nSPS) is 13.6. The van der Waals surface area contributed by atoms with Crippen LogP contribution in [0.1, 0.15) is 107 Å². The fraction of sp³-hybridized carbons (Fsp3) is 0.407. The van der Waals surface area contributed by atoms with Crippen LogP contribution >= 0.6 is 12.6 Å². The van der Waals surface area contributed by atoms with E-state index in [1.807, 2.05) is 36.4 Å². The maximum Gasteiger partial charge on any atom is 0.164 e. The second-order valence-corrected chi connectivity index (χ2v) is 21.3. The fourth-order valence-electron chi connectivity index (χ4n) is 10.8. The minimum Gasteiger partial charge on any atom is -0.486 e. The Labute approximate surface area is 382 Å². The van der Waals surface area contributed by atoms with E-state index < -0.39 is 5.60 Å². The van der Waals surface area contributed by atoms with Gasteiger partial charge in [0, 0.05) is 60.5 Å². The Balaban J connectivity index is 1.27. The van der Waals surface area contributed by atoms with Gasteiger partial charge < -0.3 is 14.7 Å². The number of hydrogen-bond donors (Lipinski definition) is 3. The molecule has 4 aromatic carbocycles. The standard InChI is InChI=1S/C54H62N8OS/c1-51(2,3)42(28-14-12-10-11-13-21-31-64)54(52(4,5)6,53(7,8)9)63-33-29-30-40-41(32-33)50-61-48-39-27-20-19-26-38(39)46(59-48)57-44-35-23-16-15-22-34(35)43(55-44)56-45-36-24-17-18-25-37(36)47(58-45)60-49(40)62-50/h15-20,22-27,29-30,32,42,64H,10-14,21,28,31H2,1-9H3,(H2,55,56,57,58,59,60,61,62). The molecule has 1 atom stereocenters. The first kappa shape index (κ1) is 43.6. The van der Waals surface area contributed by atoms with Crippen molar-refractivity contribution in [1.82, 2.24) is 39.9 Å². The van der Waals surface area contributed by atoms with Crippen LogP contribution in [0.3, 0.4) is 0 Å². The van der Waals surface area contributed by atoms with Crippen LogP contribution in [0.25, 0.3) is 89.7 Å². The van der Waals surface area contributed by atoms with Crippen LogP contribution < -0.4 is 4.74 Å². The Hall–Kier alpha value is -5.61. The molecular formula is C54H62N8OS. The number of hydrogen-bond acceptors (Lipinski definition) is 8. The van der Waals surface area contributed by atoms with Gasteiger partial charge in [-0.05, 0) is 42.2 Å². The van der Waals surface area contributed by atoms with Gasteiger partial charge >= 0.3 is 0 Å². The summed E-state index contributed by atoms with van der Waals surface area (Å²) in [6, 6.07) is 30.8. The Bertz CT molecular complexity index is 3020. The van der Waals surface area contributed by atoms with Crippen LogP contribution in [-0.4, -0.2) is 51.2 Å². The second kappa shape index (κ2) is 16.7. The van der Waals surface area contributed by atoms with Gasteiger partial charge in [0.25, 0.3) is 0 Å². The molecule has 2 aliphatic rings. The molecule has 10 heteroatoms. The summed E-state index contributed by atoms with van der Waals surface area (Å²) >= 11 is 4.43. The molecule has 0 saturated heterocycles. The van der Waals surface area contributed by atoms with Crippen molar-refractivity contribution >= 4 is 56.8 Å². The van der Waals surface area contributed by atoms with Crippen LogP contribution in [-0.2, 0) is 0 Å². The average Bonchev–Trinajstić information content (AvgIpc) is 3.98. The Kier molecular flexibility index (Phi) is 11.4. The molecule has 8 bridgehead atoms. The number of rotatable bonds is 11. The van der Waals surface area contributed by atoms with E-state index in [-0.39, 0.29) is 22.2 Å². The highest BCUT2D eigenvalue weighted by Crippen LogP contribution is 2.57. The van der Waals surface area contributed by atoms with E-state index in [0.717, 1.165) is 61.7 Å². The zero-order chi connectivity index (χ0) is 45.0. The Morgan fingerprint density at radius 3 is 1.28 bits per heavy atom. The molecule has 2 N–H and O–H groups in total. The minimum absolute atomic E-state index is 0.0274. The maximum atomic E-state index is 7.75.